The average molecular weight is 399 g/mol. The van der Waals surface area contributed by atoms with E-state index in [0.29, 0.717) is 5.56 Å². The summed E-state index contributed by atoms with van der Waals surface area (Å²) in [7, 11) is 0. The predicted octanol–water partition coefficient (Wildman–Crippen LogP) is 2.68. The second-order valence-corrected chi connectivity index (χ2v) is 9.28. The van der Waals surface area contributed by atoms with Gasteiger partial charge < -0.3 is 15.4 Å². The topological polar surface area (TPSA) is 84.5 Å². The van der Waals surface area contributed by atoms with Gasteiger partial charge in [-0.25, -0.2) is 0 Å². The van der Waals surface area contributed by atoms with Gasteiger partial charge in [-0.1, -0.05) is 18.2 Å². The second-order valence-electron chi connectivity index (χ2n) is 9.28. The first-order valence-electron chi connectivity index (χ1n) is 10.7. The zero-order valence-corrected chi connectivity index (χ0v) is 17.0. The van der Waals surface area contributed by atoms with Gasteiger partial charge in [0.25, 0.3) is 11.8 Å². The van der Waals surface area contributed by atoms with Crippen molar-refractivity contribution in [2.24, 2.45) is 23.2 Å². The quantitative estimate of drug-likeness (QED) is 0.692. The van der Waals surface area contributed by atoms with Gasteiger partial charge in [-0.2, -0.15) is 0 Å². The SMILES string of the molecule is C[C@@H](NC(=O)COC(=O)CNC(=O)c1ccccc1)C12CC3CC(CC(C3)C1)C2. The van der Waals surface area contributed by atoms with Crippen LogP contribution in [-0.2, 0) is 14.3 Å². The molecule has 6 nitrogen and oxygen atoms in total. The summed E-state index contributed by atoms with van der Waals surface area (Å²) in [6.45, 7) is 1.54. The molecule has 156 valence electrons. The van der Waals surface area contributed by atoms with E-state index in [1.807, 2.05) is 6.07 Å². The molecule has 4 aliphatic carbocycles. The van der Waals surface area contributed by atoms with Crippen LogP contribution in [-0.4, -0.2) is 37.0 Å². The molecule has 6 heteroatoms. The lowest BCUT2D eigenvalue weighted by Crippen LogP contribution is -2.56. The molecule has 0 aliphatic heterocycles. The molecule has 5 rings (SSSR count). The highest BCUT2D eigenvalue weighted by Gasteiger charge is 2.53. The summed E-state index contributed by atoms with van der Waals surface area (Å²) >= 11 is 0. The van der Waals surface area contributed by atoms with Crippen molar-refractivity contribution in [2.45, 2.75) is 51.5 Å². The largest absolute Gasteiger partial charge is 0.454 e. The normalized spacial score (nSPS) is 30.4. The number of amides is 2. The van der Waals surface area contributed by atoms with Gasteiger partial charge in [0.1, 0.15) is 6.54 Å². The van der Waals surface area contributed by atoms with Crippen LogP contribution in [0.2, 0.25) is 0 Å². The van der Waals surface area contributed by atoms with Crippen LogP contribution >= 0.6 is 0 Å². The minimum Gasteiger partial charge on any atom is -0.454 e. The summed E-state index contributed by atoms with van der Waals surface area (Å²) in [5.41, 5.74) is 0.695. The van der Waals surface area contributed by atoms with E-state index in [4.69, 9.17) is 4.74 Å². The minimum atomic E-state index is -0.619. The molecule has 29 heavy (non-hydrogen) atoms. The third kappa shape index (κ3) is 4.46. The summed E-state index contributed by atoms with van der Waals surface area (Å²) < 4.78 is 5.04. The Labute approximate surface area is 171 Å². The van der Waals surface area contributed by atoms with Crippen LogP contribution in [0, 0.1) is 23.2 Å². The maximum atomic E-state index is 12.3. The third-order valence-corrected chi connectivity index (χ3v) is 7.18. The van der Waals surface area contributed by atoms with Crippen molar-refractivity contribution in [1.82, 2.24) is 10.6 Å². The van der Waals surface area contributed by atoms with E-state index in [1.165, 1.54) is 38.5 Å². The molecular formula is C23H30N2O4. The van der Waals surface area contributed by atoms with E-state index in [9.17, 15) is 14.4 Å². The van der Waals surface area contributed by atoms with Gasteiger partial charge in [0.2, 0.25) is 0 Å². The Bertz CT molecular complexity index is 741. The molecule has 2 N–H and O–H groups in total. The number of carbonyl (C=O) groups is 3. The lowest BCUT2D eigenvalue weighted by Gasteiger charge is -2.59. The van der Waals surface area contributed by atoms with Crippen LogP contribution in [0.25, 0.3) is 0 Å². The lowest BCUT2D eigenvalue weighted by atomic mass is 9.48. The number of nitrogens with one attached hydrogen (secondary N) is 2. The van der Waals surface area contributed by atoms with Gasteiger partial charge in [0, 0.05) is 11.6 Å². The highest BCUT2D eigenvalue weighted by Crippen LogP contribution is 2.61. The van der Waals surface area contributed by atoms with E-state index < -0.39 is 5.97 Å². The van der Waals surface area contributed by atoms with E-state index in [0.717, 1.165) is 17.8 Å². The minimum absolute atomic E-state index is 0.0971. The highest BCUT2D eigenvalue weighted by atomic mass is 16.5. The molecule has 1 aromatic carbocycles. The molecule has 4 bridgehead atoms. The highest BCUT2D eigenvalue weighted by molar-refractivity contribution is 5.96. The molecule has 2 amide bonds. The van der Waals surface area contributed by atoms with Gasteiger partial charge in [0.15, 0.2) is 6.61 Å². The Morgan fingerprint density at radius 1 is 1.03 bits per heavy atom. The van der Waals surface area contributed by atoms with Crippen molar-refractivity contribution in [1.29, 1.82) is 0 Å². The molecule has 4 aliphatic rings. The van der Waals surface area contributed by atoms with Crippen LogP contribution < -0.4 is 10.6 Å². The van der Waals surface area contributed by atoms with Crippen molar-refractivity contribution in [2.75, 3.05) is 13.2 Å². The number of rotatable bonds is 7. The van der Waals surface area contributed by atoms with Crippen molar-refractivity contribution in [3.8, 4) is 0 Å². The smallest absolute Gasteiger partial charge is 0.325 e. The van der Waals surface area contributed by atoms with E-state index >= 15 is 0 Å². The fraction of sp³-hybridized carbons (Fsp3) is 0.609. The standard InChI is InChI=1S/C23H30N2O4/c1-15(23-10-16-7-17(11-23)9-18(8-16)12-23)25-20(26)14-29-21(27)13-24-22(28)19-5-3-2-4-6-19/h2-6,15-18H,7-14H2,1H3,(H,24,28)(H,25,26)/t15-,16?,17?,18?,23?/m1/s1. The van der Waals surface area contributed by atoms with Crippen molar-refractivity contribution in [3.05, 3.63) is 35.9 Å². The Morgan fingerprint density at radius 2 is 1.62 bits per heavy atom. The first-order chi connectivity index (χ1) is 13.9. The average Bonchev–Trinajstić information content (AvgIpc) is 2.70. The molecule has 0 heterocycles. The monoisotopic (exact) mass is 398 g/mol. The Balaban J connectivity index is 1.20. The van der Waals surface area contributed by atoms with Crippen molar-refractivity contribution < 1.29 is 19.1 Å². The maximum Gasteiger partial charge on any atom is 0.325 e. The van der Waals surface area contributed by atoms with Gasteiger partial charge >= 0.3 is 5.97 Å². The zero-order chi connectivity index (χ0) is 20.4. The fourth-order valence-electron chi connectivity index (χ4n) is 6.19. The van der Waals surface area contributed by atoms with Crippen LogP contribution in [0.5, 0.6) is 0 Å². The number of hydrogen-bond donors (Lipinski definition) is 2. The Kier molecular flexibility index (Phi) is 5.61. The molecule has 0 spiro atoms. The lowest BCUT2D eigenvalue weighted by molar-refractivity contribution is -0.148. The van der Waals surface area contributed by atoms with Crippen LogP contribution in [0.3, 0.4) is 0 Å². The second kappa shape index (κ2) is 8.17. The fourth-order valence-corrected chi connectivity index (χ4v) is 6.19. The van der Waals surface area contributed by atoms with E-state index in [-0.39, 0.29) is 36.4 Å². The van der Waals surface area contributed by atoms with E-state index in [2.05, 4.69) is 17.6 Å². The van der Waals surface area contributed by atoms with Gasteiger partial charge in [-0.05, 0) is 80.8 Å². The molecule has 4 fully saturated rings. The number of hydrogen-bond acceptors (Lipinski definition) is 4. The van der Waals surface area contributed by atoms with Crippen LogP contribution in [0.1, 0.15) is 55.8 Å². The zero-order valence-electron chi connectivity index (χ0n) is 17.0. The molecule has 0 saturated heterocycles. The van der Waals surface area contributed by atoms with Crippen molar-refractivity contribution >= 4 is 17.8 Å². The number of carbonyl (C=O) groups excluding carboxylic acids is 3. The molecule has 0 unspecified atom stereocenters. The molecule has 1 atom stereocenters. The summed E-state index contributed by atoms with van der Waals surface area (Å²) in [5.74, 6) is 1.25. The van der Waals surface area contributed by atoms with Crippen LogP contribution in [0.15, 0.2) is 30.3 Å². The Morgan fingerprint density at radius 3 is 2.21 bits per heavy atom. The third-order valence-electron chi connectivity index (χ3n) is 7.18. The maximum absolute atomic E-state index is 12.3. The summed E-state index contributed by atoms with van der Waals surface area (Å²) in [6.07, 6.45) is 7.74. The molecule has 0 aromatic heterocycles. The number of esters is 1. The van der Waals surface area contributed by atoms with Gasteiger partial charge in [-0.3, -0.25) is 14.4 Å². The number of ether oxygens (including phenoxy) is 1. The molecule has 1 aromatic rings. The summed E-state index contributed by atoms with van der Waals surface area (Å²) in [4.78, 5) is 36.1. The van der Waals surface area contributed by atoms with E-state index in [1.54, 1.807) is 24.3 Å². The molecular weight excluding hydrogens is 368 g/mol. The van der Waals surface area contributed by atoms with Crippen molar-refractivity contribution in [3.63, 3.8) is 0 Å². The summed E-state index contributed by atoms with van der Waals surface area (Å²) in [6, 6.07) is 8.75. The number of benzene rings is 1. The first-order valence-corrected chi connectivity index (χ1v) is 10.7. The Hall–Kier alpha value is -2.37. The predicted molar refractivity (Wildman–Crippen MR) is 108 cm³/mol. The van der Waals surface area contributed by atoms with Crippen LogP contribution in [0.4, 0.5) is 0 Å². The summed E-state index contributed by atoms with van der Waals surface area (Å²) in [5, 5.41) is 5.59. The van der Waals surface area contributed by atoms with Gasteiger partial charge in [0.05, 0.1) is 0 Å². The molecule has 4 saturated carbocycles. The first kappa shape index (κ1) is 19.9. The molecule has 0 radical (unpaired) electrons. The van der Waals surface area contributed by atoms with Gasteiger partial charge in [-0.15, -0.1) is 0 Å².